The number of likely N-dealkylation sites (tertiary alicyclic amines) is 2. The first kappa shape index (κ1) is 31.4. The summed E-state index contributed by atoms with van der Waals surface area (Å²) >= 11 is 0. The summed E-state index contributed by atoms with van der Waals surface area (Å²) in [6.07, 6.45) is -1.85. The molecule has 14 heteroatoms. The fraction of sp³-hybridized carbons (Fsp3) is 0.577. The number of nitrogens with zero attached hydrogens (tertiary/aromatic N) is 3. The van der Waals surface area contributed by atoms with Gasteiger partial charge in [-0.25, -0.2) is 22.4 Å². The van der Waals surface area contributed by atoms with E-state index in [0.29, 0.717) is 5.56 Å². The number of benzene rings is 1. The highest BCUT2D eigenvalue weighted by atomic mass is 19.3. The number of rotatable bonds is 9. The van der Waals surface area contributed by atoms with Gasteiger partial charge < -0.3 is 25.0 Å². The molecule has 0 bridgehead atoms. The molecule has 3 N–H and O–H groups in total. The number of halogens is 4. The molecule has 0 spiro atoms. The Hall–Kier alpha value is -3.15. The van der Waals surface area contributed by atoms with Crippen LogP contribution in [0.3, 0.4) is 0 Å². The van der Waals surface area contributed by atoms with Crippen molar-refractivity contribution in [3.8, 4) is 6.07 Å². The predicted molar refractivity (Wildman–Crippen MR) is 137 cm³/mol. The van der Waals surface area contributed by atoms with Gasteiger partial charge in [0.05, 0.1) is 24.6 Å². The first-order chi connectivity index (χ1) is 18.5. The molecule has 1 aromatic carbocycles. The van der Waals surface area contributed by atoms with Gasteiger partial charge in [-0.15, -0.1) is 0 Å². The summed E-state index contributed by atoms with van der Waals surface area (Å²) in [7, 11) is -1.98. The number of ether oxygens (including phenoxy) is 1. The minimum absolute atomic E-state index is 0.0590. The van der Waals surface area contributed by atoms with Crippen LogP contribution in [0.2, 0.25) is 0 Å². The zero-order valence-electron chi connectivity index (χ0n) is 22.5. The van der Waals surface area contributed by atoms with Gasteiger partial charge in [0.15, 0.2) is 0 Å². The topological polar surface area (TPSA) is 126 Å². The molecule has 2 heterocycles. The molecular formula is C26H33BF4N4O5. The van der Waals surface area contributed by atoms with Gasteiger partial charge >= 0.3 is 13.2 Å². The number of nitriles is 1. The van der Waals surface area contributed by atoms with Crippen molar-refractivity contribution < 1.29 is 41.9 Å². The molecule has 3 rings (SSSR count). The van der Waals surface area contributed by atoms with Crippen LogP contribution in [0.1, 0.15) is 39.2 Å². The van der Waals surface area contributed by atoms with E-state index in [1.807, 2.05) is 0 Å². The van der Waals surface area contributed by atoms with Crippen molar-refractivity contribution in [2.75, 3.05) is 26.2 Å². The summed E-state index contributed by atoms with van der Waals surface area (Å²) in [6, 6.07) is 6.99. The Bertz CT molecular complexity index is 1160. The number of amides is 2. The molecular weight excluding hydrogens is 535 g/mol. The van der Waals surface area contributed by atoms with E-state index < -0.39 is 67.2 Å². The summed E-state index contributed by atoms with van der Waals surface area (Å²) in [5, 5.41) is 31.4. The van der Waals surface area contributed by atoms with Crippen LogP contribution in [-0.2, 0) is 16.0 Å². The highest BCUT2D eigenvalue weighted by Gasteiger charge is 2.48. The van der Waals surface area contributed by atoms with Crippen molar-refractivity contribution in [3.05, 3.63) is 47.3 Å². The van der Waals surface area contributed by atoms with Crippen LogP contribution >= 0.6 is 0 Å². The second kappa shape index (κ2) is 12.2. The molecule has 0 aliphatic carbocycles. The Labute approximate surface area is 230 Å². The van der Waals surface area contributed by atoms with E-state index in [0.717, 1.165) is 4.90 Å². The SMILES string of the molecule is CC(C)(/C=C(\C#N)C(=O)N1C[C@@H](F)C[C@]1(C)COC(=O)N[C@@H](Cc1ccc(F)cc1)B(O)O)N1CCC(F)(F)C1. The van der Waals surface area contributed by atoms with Gasteiger partial charge in [-0.3, -0.25) is 9.69 Å². The van der Waals surface area contributed by atoms with E-state index >= 15 is 0 Å². The van der Waals surface area contributed by atoms with Crippen molar-refractivity contribution >= 4 is 19.1 Å². The Morgan fingerprint density at radius 1 is 1.32 bits per heavy atom. The lowest BCUT2D eigenvalue weighted by Gasteiger charge is -2.36. The average Bonchev–Trinajstić information content (AvgIpc) is 3.40. The maximum atomic E-state index is 14.5. The fourth-order valence-electron chi connectivity index (χ4n) is 5.01. The highest BCUT2D eigenvalue weighted by Crippen LogP contribution is 2.35. The molecule has 0 aromatic heterocycles. The lowest BCUT2D eigenvalue weighted by molar-refractivity contribution is -0.131. The fourth-order valence-corrected chi connectivity index (χ4v) is 5.01. The zero-order valence-corrected chi connectivity index (χ0v) is 22.5. The van der Waals surface area contributed by atoms with Crippen molar-refractivity contribution in [1.29, 1.82) is 5.26 Å². The van der Waals surface area contributed by atoms with Gasteiger partial charge in [-0.1, -0.05) is 12.1 Å². The minimum Gasteiger partial charge on any atom is -0.447 e. The van der Waals surface area contributed by atoms with E-state index in [-0.39, 0.29) is 37.9 Å². The third-order valence-electron chi connectivity index (χ3n) is 7.32. The molecule has 2 saturated heterocycles. The standard InChI is InChI=1S/C26H33BF4N4O5/c1-24(2,34-9-8-26(30,31)15-34)11-18(13-32)22(36)35-14-20(29)12-25(35,3)16-40-23(37)33-21(27(38)39)10-17-4-6-19(28)7-5-17/h4-7,11,20-21,38-39H,8-10,12,14-16H2,1-3H3,(H,33,37)/b18-11+/t20-,21-,25+/m0/s1. The Morgan fingerprint density at radius 3 is 2.52 bits per heavy atom. The van der Waals surface area contributed by atoms with E-state index in [2.05, 4.69) is 5.32 Å². The van der Waals surface area contributed by atoms with E-state index in [4.69, 9.17) is 4.74 Å². The molecule has 218 valence electrons. The van der Waals surface area contributed by atoms with E-state index in [1.165, 1.54) is 42.2 Å². The monoisotopic (exact) mass is 568 g/mol. The normalized spacial score (nSPS) is 23.9. The summed E-state index contributed by atoms with van der Waals surface area (Å²) in [5.74, 6) is -5.40. The lowest BCUT2D eigenvalue weighted by Crippen LogP contribution is -2.52. The minimum atomic E-state index is -2.88. The van der Waals surface area contributed by atoms with Crippen LogP contribution in [0.15, 0.2) is 35.9 Å². The number of carbonyl (C=O) groups is 2. The molecule has 0 unspecified atom stereocenters. The first-order valence-electron chi connectivity index (χ1n) is 12.8. The maximum Gasteiger partial charge on any atom is 0.475 e. The molecule has 1 aromatic rings. The van der Waals surface area contributed by atoms with Crippen molar-refractivity contribution in [2.45, 2.75) is 69.1 Å². The van der Waals surface area contributed by atoms with Crippen LogP contribution in [0, 0.1) is 17.1 Å². The zero-order chi connectivity index (χ0) is 29.9. The number of alkyl carbamates (subject to hydrolysis) is 1. The molecule has 0 radical (unpaired) electrons. The molecule has 40 heavy (non-hydrogen) atoms. The van der Waals surface area contributed by atoms with Gasteiger partial charge in [0, 0.05) is 24.9 Å². The van der Waals surface area contributed by atoms with Crippen LogP contribution < -0.4 is 5.32 Å². The lowest BCUT2D eigenvalue weighted by atomic mass is 9.76. The van der Waals surface area contributed by atoms with Crippen LogP contribution in [-0.4, -0.2) is 94.3 Å². The molecule has 0 saturated carbocycles. The number of carbonyl (C=O) groups excluding carboxylic acids is 2. The number of hydrogen-bond acceptors (Lipinski definition) is 7. The number of hydrogen-bond donors (Lipinski definition) is 3. The quantitative estimate of drug-likeness (QED) is 0.181. The smallest absolute Gasteiger partial charge is 0.447 e. The second-order valence-corrected chi connectivity index (χ2v) is 11.1. The molecule has 3 atom stereocenters. The Morgan fingerprint density at radius 2 is 1.98 bits per heavy atom. The summed E-state index contributed by atoms with van der Waals surface area (Å²) in [6.45, 7) is 3.39. The second-order valence-electron chi connectivity index (χ2n) is 11.1. The Balaban J connectivity index is 1.68. The molecule has 2 aliphatic rings. The van der Waals surface area contributed by atoms with Crippen LogP contribution in [0.4, 0.5) is 22.4 Å². The summed E-state index contributed by atoms with van der Waals surface area (Å²) in [4.78, 5) is 28.4. The molecule has 2 amide bonds. The van der Waals surface area contributed by atoms with Crippen molar-refractivity contribution in [1.82, 2.24) is 15.1 Å². The highest BCUT2D eigenvalue weighted by molar-refractivity contribution is 6.43. The van der Waals surface area contributed by atoms with Crippen LogP contribution in [0.5, 0.6) is 0 Å². The Kier molecular flexibility index (Phi) is 9.54. The van der Waals surface area contributed by atoms with Gasteiger partial charge in [0.2, 0.25) is 0 Å². The van der Waals surface area contributed by atoms with Gasteiger partial charge in [-0.2, -0.15) is 5.26 Å². The predicted octanol–water partition coefficient (Wildman–Crippen LogP) is 2.37. The van der Waals surface area contributed by atoms with Crippen LogP contribution in [0.25, 0.3) is 0 Å². The number of alkyl halides is 3. The van der Waals surface area contributed by atoms with Gasteiger partial charge in [0.1, 0.15) is 30.2 Å². The van der Waals surface area contributed by atoms with Crippen molar-refractivity contribution in [3.63, 3.8) is 0 Å². The van der Waals surface area contributed by atoms with E-state index in [9.17, 15) is 42.5 Å². The largest absolute Gasteiger partial charge is 0.475 e. The molecule has 2 fully saturated rings. The molecule has 9 nitrogen and oxygen atoms in total. The summed E-state index contributed by atoms with van der Waals surface area (Å²) < 4.78 is 60.4. The summed E-state index contributed by atoms with van der Waals surface area (Å²) in [5.41, 5.74) is -2.25. The third kappa shape index (κ3) is 7.74. The maximum absolute atomic E-state index is 14.5. The average molecular weight is 568 g/mol. The third-order valence-corrected chi connectivity index (χ3v) is 7.32. The number of nitrogens with one attached hydrogen (secondary N) is 1. The molecule has 2 aliphatic heterocycles. The van der Waals surface area contributed by atoms with Gasteiger partial charge in [0.25, 0.3) is 11.8 Å². The first-order valence-corrected chi connectivity index (χ1v) is 12.8. The van der Waals surface area contributed by atoms with Crippen molar-refractivity contribution in [2.24, 2.45) is 0 Å². The van der Waals surface area contributed by atoms with E-state index in [1.54, 1.807) is 19.9 Å². The van der Waals surface area contributed by atoms with Gasteiger partial charge in [-0.05, 0) is 51.0 Å².